The number of rotatable bonds is 6. The van der Waals surface area contributed by atoms with Gasteiger partial charge in [-0.3, -0.25) is 9.69 Å². The van der Waals surface area contributed by atoms with Crippen LogP contribution in [0, 0.1) is 5.92 Å². The van der Waals surface area contributed by atoms with Crippen molar-refractivity contribution in [2.75, 3.05) is 33.4 Å². The minimum Gasteiger partial charge on any atom is -0.383 e. The lowest BCUT2D eigenvalue weighted by Gasteiger charge is -2.31. The number of methoxy groups -OCH3 is 1. The van der Waals surface area contributed by atoms with Crippen molar-refractivity contribution in [2.24, 2.45) is 5.92 Å². The van der Waals surface area contributed by atoms with Crippen molar-refractivity contribution in [2.45, 2.75) is 19.4 Å². The van der Waals surface area contributed by atoms with E-state index in [0.29, 0.717) is 23.2 Å². The van der Waals surface area contributed by atoms with Crippen molar-refractivity contribution in [3.05, 3.63) is 33.8 Å². The Morgan fingerprint density at radius 3 is 2.68 bits per heavy atom. The number of hydrogen-bond acceptors (Lipinski definition) is 3. The van der Waals surface area contributed by atoms with Gasteiger partial charge >= 0.3 is 0 Å². The van der Waals surface area contributed by atoms with Crippen molar-refractivity contribution in [3.8, 4) is 0 Å². The van der Waals surface area contributed by atoms with Crippen LogP contribution in [-0.4, -0.2) is 44.2 Å². The number of carbonyl (C=O) groups is 1. The Bertz CT molecular complexity index is 503. The highest BCUT2D eigenvalue weighted by atomic mass is 35.5. The number of nitrogens with one attached hydrogen (secondary N) is 1. The van der Waals surface area contributed by atoms with Gasteiger partial charge in [-0.1, -0.05) is 29.3 Å². The smallest absolute Gasteiger partial charge is 0.223 e. The van der Waals surface area contributed by atoms with Gasteiger partial charge in [0.15, 0.2) is 0 Å². The number of amides is 1. The number of benzene rings is 1. The van der Waals surface area contributed by atoms with Crippen LogP contribution in [0.25, 0.3) is 0 Å². The summed E-state index contributed by atoms with van der Waals surface area (Å²) >= 11 is 12.0. The highest BCUT2D eigenvalue weighted by Gasteiger charge is 2.24. The van der Waals surface area contributed by atoms with Crippen LogP contribution < -0.4 is 5.32 Å². The van der Waals surface area contributed by atoms with Crippen LogP contribution in [0.4, 0.5) is 0 Å². The predicted molar refractivity (Wildman–Crippen MR) is 89.3 cm³/mol. The molecule has 4 nitrogen and oxygen atoms in total. The van der Waals surface area contributed by atoms with E-state index >= 15 is 0 Å². The molecule has 1 amide bonds. The van der Waals surface area contributed by atoms with Crippen molar-refractivity contribution in [3.63, 3.8) is 0 Å². The minimum atomic E-state index is 0.113. The molecule has 0 atom stereocenters. The van der Waals surface area contributed by atoms with E-state index in [4.69, 9.17) is 27.9 Å². The molecule has 1 N–H and O–H groups in total. The van der Waals surface area contributed by atoms with Crippen LogP contribution in [-0.2, 0) is 16.1 Å². The summed E-state index contributed by atoms with van der Waals surface area (Å²) in [7, 11) is 1.63. The molecule has 0 spiro atoms. The molecule has 1 heterocycles. The van der Waals surface area contributed by atoms with Crippen LogP contribution in [0.15, 0.2) is 18.2 Å². The zero-order valence-corrected chi connectivity index (χ0v) is 14.3. The quantitative estimate of drug-likeness (QED) is 0.806. The van der Waals surface area contributed by atoms with Crippen molar-refractivity contribution in [1.29, 1.82) is 0 Å². The lowest BCUT2D eigenvalue weighted by Crippen LogP contribution is -2.41. The molecule has 0 unspecified atom stereocenters. The fourth-order valence-corrected chi connectivity index (χ4v) is 2.99. The van der Waals surface area contributed by atoms with Gasteiger partial charge in [-0.05, 0) is 43.6 Å². The maximum Gasteiger partial charge on any atom is 0.223 e. The molecule has 2 rings (SSSR count). The van der Waals surface area contributed by atoms with Gasteiger partial charge in [-0.25, -0.2) is 0 Å². The van der Waals surface area contributed by atoms with Crippen molar-refractivity contribution < 1.29 is 9.53 Å². The molecular formula is C16H22Cl2N2O2. The Hall–Kier alpha value is -0.810. The first kappa shape index (κ1) is 17.5. The third kappa shape index (κ3) is 5.13. The van der Waals surface area contributed by atoms with Crippen LogP contribution in [0.2, 0.25) is 10.0 Å². The van der Waals surface area contributed by atoms with Crippen molar-refractivity contribution in [1.82, 2.24) is 10.2 Å². The first-order valence-electron chi connectivity index (χ1n) is 7.53. The Morgan fingerprint density at radius 1 is 1.32 bits per heavy atom. The third-order valence-corrected chi connectivity index (χ3v) is 4.69. The topological polar surface area (TPSA) is 41.6 Å². The Morgan fingerprint density at radius 2 is 2.05 bits per heavy atom. The summed E-state index contributed by atoms with van der Waals surface area (Å²) in [6.45, 7) is 3.82. The van der Waals surface area contributed by atoms with Gasteiger partial charge in [-0.2, -0.15) is 0 Å². The lowest BCUT2D eigenvalue weighted by molar-refractivity contribution is -0.126. The molecule has 1 saturated heterocycles. The first-order valence-corrected chi connectivity index (χ1v) is 8.28. The maximum absolute atomic E-state index is 12.0. The van der Waals surface area contributed by atoms with Crippen LogP contribution in [0.3, 0.4) is 0 Å². The van der Waals surface area contributed by atoms with E-state index < -0.39 is 0 Å². The molecule has 0 aromatic heterocycles. The van der Waals surface area contributed by atoms with E-state index in [1.54, 1.807) is 7.11 Å². The van der Waals surface area contributed by atoms with E-state index in [0.717, 1.165) is 38.0 Å². The normalized spacial score (nSPS) is 16.7. The standard InChI is InChI=1S/C16H22Cl2N2O2/c1-22-9-6-19-16(21)13-4-7-20(8-5-13)11-12-2-3-14(17)15(18)10-12/h2-3,10,13H,4-9,11H2,1H3,(H,19,21). The number of likely N-dealkylation sites (tertiary alicyclic amines) is 1. The molecule has 1 aromatic rings. The van der Waals surface area contributed by atoms with Crippen molar-refractivity contribution >= 4 is 29.1 Å². The molecule has 0 aliphatic carbocycles. The fourth-order valence-electron chi connectivity index (χ4n) is 2.67. The van der Waals surface area contributed by atoms with Gasteiger partial charge in [0.05, 0.1) is 16.7 Å². The second kappa shape index (κ2) is 8.73. The highest BCUT2D eigenvalue weighted by Crippen LogP contribution is 2.24. The lowest BCUT2D eigenvalue weighted by atomic mass is 9.95. The molecular weight excluding hydrogens is 323 g/mol. The molecule has 0 bridgehead atoms. The summed E-state index contributed by atoms with van der Waals surface area (Å²) < 4.78 is 4.94. The summed E-state index contributed by atoms with van der Waals surface area (Å²) in [4.78, 5) is 14.3. The molecule has 122 valence electrons. The largest absolute Gasteiger partial charge is 0.383 e. The molecule has 1 aliphatic heterocycles. The molecule has 1 fully saturated rings. The van der Waals surface area contributed by atoms with Gasteiger partial charge < -0.3 is 10.1 Å². The summed E-state index contributed by atoms with van der Waals surface area (Å²) in [5.41, 5.74) is 1.15. The zero-order chi connectivity index (χ0) is 15.9. The minimum absolute atomic E-state index is 0.113. The zero-order valence-electron chi connectivity index (χ0n) is 12.8. The Kier molecular flexibility index (Phi) is 6.96. The Labute approximate surface area is 141 Å². The SMILES string of the molecule is COCCNC(=O)C1CCN(Cc2ccc(Cl)c(Cl)c2)CC1. The number of carbonyl (C=O) groups excluding carboxylic acids is 1. The number of nitrogens with zero attached hydrogens (tertiary/aromatic N) is 1. The summed E-state index contributed by atoms with van der Waals surface area (Å²) in [5, 5.41) is 4.09. The average molecular weight is 345 g/mol. The number of ether oxygens (including phenoxy) is 1. The maximum atomic E-state index is 12.0. The van der Waals surface area contributed by atoms with Crippen LogP contribution in [0.1, 0.15) is 18.4 Å². The van der Waals surface area contributed by atoms with E-state index in [2.05, 4.69) is 10.2 Å². The summed E-state index contributed by atoms with van der Waals surface area (Å²) in [5.74, 6) is 0.258. The fraction of sp³-hybridized carbons (Fsp3) is 0.562. The van der Waals surface area contributed by atoms with Gasteiger partial charge in [0.2, 0.25) is 5.91 Å². The number of halogens is 2. The van der Waals surface area contributed by atoms with Crippen LogP contribution in [0.5, 0.6) is 0 Å². The van der Waals surface area contributed by atoms with Gasteiger partial charge in [0.25, 0.3) is 0 Å². The van der Waals surface area contributed by atoms with Gasteiger partial charge in [-0.15, -0.1) is 0 Å². The van der Waals surface area contributed by atoms with E-state index in [9.17, 15) is 4.79 Å². The first-order chi connectivity index (χ1) is 10.6. The molecule has 0 saturated carbocycles. The second-order valence-electron chi connectivity index (χ2n) is 5.58. The molecule has 1 aromatic carbocycles. The summed E-state index contributed by atoms with van der Waals surface area (Å²) in [6, 6.07) is 5.74. The average Bonchev–Trinajstić information content (AvgIpc) is 2.52. The number of hydrogen-bond donors (Lipinski definition) is 1. The van der Waals surface area contributed by atoms with E-state index in [1.807, 2.05) is 18.2 Å². The predicted octanol–water partition coefficient (Wildman–Crippen LogP) is 2.97. The monoisotopic (exact) mass is 344 g/mol. The van der Waals surface area contributed by atoms with Crippen LogP contribution >= 0.6 is 23.2 Å². The van der Waals surface area contributed by atoms with Gasteiger partial charge in [0, 0.05) is 26.1 Å². The van der Waals surface area contributed by atoms with E-state index in [1.165, 1.54) is 0 Å². The molecule has 22 heavy (non-hydrogen) atoms. The molecule has 0 radical (unpaired) electrons. The Balaban J connectivity index is 1.77. The van der Waals surface area contributed by atoms with Gasteiger partial charge in [0.1, 0.15) is 0 Å². The summed E-state index contributed by atoms with van der Waals surface area (Å²) in [6.07, 6.45) is 1.78. The number of piperidine rings is 1. The second-order valence-corrected chi connectivity index (χ2v) is 6.40. The van der Waals surface area contributed by atoms with E-state index in [-0.39, 0.29) is 11.8 Å². The molecule has 1 aliphatic rings. The third-order valence-electron chi connectivity index (χ3n) is 3.95. The highest BCUT2D eigenvalue weighted by molar-refractivity contribution is 6.42. The molecule has 6 heteroatoms.